The molecule has 26 heavy (non-hydrogen) atoms. The van der Waals surface area contributed by atoms with E-state index in [1.807, 2.05) is 7.05 Å². The Morgan fingerprint density at radius 1 is 1.31 bits per heavy atom. The summed E-state index contributed by atoms with van der Waals surface area (Å²) in [6.45, 7) is 1.88. The van der Waals surface area contributed by atoms with E-state index in [4.69, 9.17) is 0 Å². The van der Waals surface area contributed by atoms with Crippen LogP contribution in [0.15, 0.2) is 24.3 Å². The van der Waals surface area contributed by atoms with Crippen molar-refractivity contribution < 1.29 is 14.0 Å². The lowest BCUT2D eigenvalue weighted by Crippen LogP contribution is -2.48. The predicted molar refractivity (Wildman–Crippen MR) is 96.9 cm³/mol. The van der Waals surface area contributed by atoms with Crippen molar-refractivity contribution in [1.82, 2.24) is 20.4 Å². The van der Waals surface area contributed by atoms with Gasteiger partial charge in [0.2, 0.25) is 11.8 Å². The Morgan fingerprint density at radius 3 is 2.77 bits per heavy atom. The Bertz CT molecular complexity index is 651. The highest BCUT2D eigenvalue weighted by Crippen LogP contribution is 2.25. The number of nitrogens with one attached hydrogen (secondary N) is 2. The molecule has 142 valence electrons. The average Bonchev–Trinajstić information content (AvgIpc) is 2.96. The third-order valence-corrected chi connectivity index (χ3v) is 5.60. The third-order valence-electron chi connectivity index (χ3n) is 5.60. The molecule has 6 nitrogen and oxygen atoms in total. The lowest BCUT2D eigenvalue weighted by molar-refractivity contribution is -0.125. The molecule has 0 radical (unpaired) electrons. The summed E-state index contributed by atoms with van der Waals surface area (Å²) in [7, 11) is 4.04. The monoisotopic (exact) mass is 362 g/mol. The topological polar surface area (TPSA) is 64.7 Å². The summed E-state index contributed by atoms with van der Waals surface area (Å²) in [5.74, 6) is -0.224. The second-order valence-corrected chi connectivity index (χ2v) is 7.29. The second kappa shape index (κ2) is 8.14. The maximum absolute atomic E-state index is 12.9. The van der Waals surface area contributed by atoms with Crippen molar-refractivity contribution in [2.75, 3.05) is 27.2 Å². The molecule has 7 heteroatoms. The van der Waals surface area contributed by atoms with Gasteiger partial charge in [0.25, 0.3) is 0 Å². The molecule has 3 rings (SSSR count). The number of hydrogen-bond donors (Lipinski definition) is 2. The van der Waals surface area contributed by atoms with E-state index in [-0.39, 0.29) is 35.8 Å². The minimum absolute atomic E-state index is 0.0293. The predicted octanol–water partition coefficient (Wildman–Crippen LogP) is 0.725. The lowest BCUT2D eigenvalue weighted by atomic mass is 10.0. The number of fused-ring (bicyclic) bond motifs is 1. The van der Waals surface area contributed by atoms with E-state index in [1.54, 1.807) is 12.1 Å². The molecule has 2 aliphatic heterocycles. The molecule has 0 spiro atoms. The number of halogens is 1. The Labute approximate surface area is 153 Å². The van der Waals surface area contributed by atoms with Crippen LogP contribution < -0.4 is 10.6 Å². The molecule has 0 unspecified atom stereocenters. The smallest absolute Gasteiger partial charge is 0.239 e. The van der Waals surface area contributed by atoms with Crippen LogP contribution in [0.4, 0.5) is 4.39 Å². The molecule has 2 saturated heterocycles. The zero-order chi connectivity index (χ0) is 18.7. The Morgan fingerprint density at radius 2 is 2.04 bits per heavy atom. The third kappa shape index (κ3) is 4.22. The molecule has 2 aliphatic rings. The fourth-order valence-electron chi connectivity index (χ4n) is 3.96. The molecule has 2 fully saturated rings. The Balaban J connectivity index is 1.49. The highest BCUT2D eigenvalue weighted by molar-refractivity contribution is 5.83. The van der Waals surface area contributed by atoms with Crippen molar-refractivity contribution in [3.63, 3.8) is 0 Å². The van der Waals surface area contributed by atoms with Crippen LogP contribution in [0.1, 0.15) is 24.8 Å². The maximum atomic E-state index is 12.9. The summed E-state index contributed by atoms with van der Waals surface area (Å²) in [5.41, 5.74) is 0.871. The highest BCUT2D eigenvalue weighted by Gasteiger charge is 2.43. The van der Waals surface area contributed by atoms with E-state index in [2.05, 4.69) is 27.5 Å². The van der Waals surface area contributed by atoms with Crippen LogP contribution >= 0.6 is 0 Å². The number of nitrogens with zero attached hydrogens (tertiary/aromatic N) is 2. The van der Waals surface area contributed by atoms with Gasteiger partial charge in [0.1, 0.15) is 11.9 Å². The number of benzene rings is 1. The number of carbonyl (C=O) groups excluding carboxylic acids is 2. The summed E-state index contributed by atoms with van der Waals surface area (Å²) in [6, 6.07) is 6.37. The van der Waals surface area contributed by atoms with Crippen LogP contribution in [0.3, 0.4) is 0 Å². The highest BCUT2D eigenvalue weighted by atomic mass is 19.1. The number of likely N-dealkylation sites (N-methyl/N-ethyl adjacent to an activating group) is 2. The molecule has 2 heterocycles. The van der Waals surface area contributed by atoms with E-state index in [1.165, 1.54) is 12.1 Å². The minimum atomic E-state index is -0.283. The lowest BCUT2D eigenvalue weighted by Gasteiger charge is -2.32. The van der Waals surface area contributed by atoms with E-state index >= 15 is 0 Å². The minimum Gasteiger partial charge on any atom is -0.353 e. The molecule has 1 aromatic carbocycles. The van der Waals surface area contributed by atoms with Crippen LogP contribution in [0.2, 0.25) is 0 Å². The van der Waals surface area contributed by atoms with Gasteiger partial charge in [-0.15, -0.1) is 0 Å². The van der Waals surface area contributed by atoms with Gasteiger partial charge in [0, 0.05) is 38.1 Å². The second-order valence-electron chi connectivity index (χ2n) is 7.29. The largest absolute Gasteiger partial charge is 0.353 e. The van der Waals surface area contributed by atoms with Crippen LogP contribution in [0.25, 0.3) is 0 Å². The quantitative estimate of drug-likeness (QED) is 0.810. The van der Waals surface area contributed by atoms with E-state index in [9.17, 15) is 14.0 Å². The maximum Gasteiger partial charge on any atom is 0.239 e. The van der Waals surface area contributed by atoms with Gasteiger partial charge in [-0.3, -0.25) is 19.4 Å². The number of carbonyl (C=O) groups is 2. The molecule has 0 aromatic heterocycles. The van der Waals surface area contributed by atoms with Crippen LogP contribution in [0.5, 0.6) is 0 Å². The molecule has 0 saturated carbocycles. The van der Waals surface area contributed by atoms with Crippen molar-refractivity contribution in [3.8, 4) is 0 Å². The van der Waals surface area contributed by atoms with Gasteiger partial charge < -0.3 is 10.6 Å². The molecule has 2 amide bonds. The fraction of sp³-hybridized carbons (Fsp3) is 0.579. The Kier molecular flexibility index (Phi) is 5.88. The first kappa shape index (κ1) is 18.8. The van der Waals surface area contributed by atoms with E-state index in [0.717, 1.165) is 18.5 Å². The van der Waals surface area contributed by atoms with Gasteiger partial charge in [0.05, 0.1) is 0 Å². The summed E-state index contributed by atoms with van der Waals surface area (Å²) < 4.78 is 12.9. The first-order chi connectivity index (χ1) is 12.5. The zero-order valence-electron chi connectivity index (χ0n) is 15.4. The van der Waals surface area contributed by atoms with E-state index < -0.39 is 0 Å². The van der Waals surface area contributed by atoms with Crippen molar-refractivity contribution in [1.29, 1.82) is 0 Å². The molecule has 0 aliphatic carbocycles. The van der Waals surface area contributed by atoms with Gasteiger partial charge in [-0.05, 0) is 44.6 Å². The molecule has 2 N–H and O–H groups in total. The van der Waals surface area contributed by atoms with Gasteiger partial charge in [-0.2, -0.15) is 0 Å². The normalized spacial score (nSPS) is 26.9. The van der Waals surface area contributed by atoms with Crippen LogP contribution in [0, 0.1) is 5.82 Å². The summed E-state index contributed by atoms with van der Waals surface area (Å²) in [5, 5.41) is 5.90. The van der Waals surface area contributed by atoms with E-state index in [0.29, 0.717) is 25.9 Å². The standard InChI is InChI=1S/C19H27FN4O2/c1-23-10-9-16-18(23)19(26)22-12-15(24(16)2)7-8-17(25)21-11-13-3-5-14(20)6-4-13/h3-6,15-16,18H,7-12H2,1-2H3,(H,21,25)(H,22,26)/t15-,16+,18-/m0/s1. The first-order valence-electron chi connectivity index (χ1n) is 9.16. The number of rotatable bonds is 5. The number of amides is 2. The van der Waals surface area contributed by atoms with Crippen molar-refractivity contribution in [2.45, 2.75) is 43.9 Å². The van der Waals surface area contributed by atoms with Crippen molar-refractivity contribution in [2.24, 2.45) is 0 Å². The summed E-state index contributed by atoms with van der Waals surface area (Å²) in [6.07, 6.45) is 2.07. The fourth-order valence-corrected chi connectivity index (χ4v) is 3.96. The summed E-state index contributed by atoms with van der Waals surface area (Å²) >= 11 is 0. The van der Waals surface area contributed by atoms with Gasteiger partial charge in [-0.1, -0.05) is 12.1 Å². The number of likely N-dealkylation sites (tertiary alicyclic amines) is 1. The molecule has 0 bridgehead atoms. The first-order valence-corrected chi connectivity index (χ1v) is 9.16. The molecular weight excluding hydrogens is 335 g/mol. The molecular formula is C19H27FN4O2. The van der Waals surface area contributed by atoms with Crippen LogP contribution in [-0.2, 0) is 16.1 Å². The molecule has 3 atom stereocenters. The van der Waals surface area contributed by atoms with Gasteiger partial charge in [-0.25, -0.2) is 4.39 Å². The van der Waals surface area contributed by atoms with Crippen molar-refractivity contribution >= 4 is 11.8 Å². The van der Waals surface area contributed by atoms with Crippen molar-refractivity contribution in [3.05, 3.63) is 35.6 Å². The van der Waals surface area contributed by atoms with Crippen LogP contribution in [-0.4, -0.2) is 66.9 Å². The summed E-state index contributed by atoms with van der Waals surface area (Å²) in [4.78, 5) is 28.9. The zero-order valence-corrected chi connectivity index (χ0v) is 15.4. The Hall–Kier alpha value is -1.99. The SMILES string of the molecule is CN1CC[C@@H]2[C@H]1C(=O)NC[C@H](CCC(=O)NCc1ccc(F)cc1)N2C. The van der Waals surface area contributed by atoms with Gasteiger partial charge in [0.15, 0.2) is 0 Å². The molecule has 1 aromatic rings. The number of hydrogen-bond acceptors (Lipinski definition) is 4. The average molecular weight is 362 g/mol. The van der Waals surface area contributed by atoms with Gasteiger partial charge >= 0.3 is 0 Å².